The van der Waals surface area contributed by atoms with Crippen molar-refractivity contribution in [1.29, 1.82) is 0 Å². The molecule has 0 aromatic heterocycles. The second kappa shape index (κ2) is 116. The maximum Gasteiger partial charge on any atom is 0.0768 e. The Morgan fingerprint density at radius 2 is 0.514 bits per heavy atom. The van der Waals surface area contributed by atoms with Crippen molar-refractivity contribution in [3.8, 4) is 0 Å². The van der Waals surface area contributed by atoms with E-state index in [-0.39, 0.29) is 350 Å². The summed E-state index contributed by atoms with van der Waals surface area (Å²) in [5.41, 5.74) is -7.82. The van der Waals surface area contributed by atoms with Crippen molar-refractivity contribution in [2.45, 2.75) is 424 Å². The van der Waals surface area contributed by atoms with Gasteiger partial charge in [-0.15, -0.1) is 0 Å². The molecule has 0 aliphatic carbocycles. The van der Waals surface area contributed by atoms with Crippen LogP contribution in [0.2, 0.25) is 0 Å². The van der Waals surface area contributed by atoms with Crippen LogP contribution in [0.1, 0.15) is 322 Å². The Balaban J connectivity index is -0.0000000400. The summed E-state index contributed by atoms with van der Waals surface area (Å²) in [6.45, 7) is 89.2. The molecule has 0 rings (SSSR count). The molecule has 8 atom stereocenters. The zero-order valence-electron chi connectivity index (χ0n) is 109. The average Bonchev–Trinajstić information content (AvgIpc) is 0.821. The maximum absolute atomic E-state index is 9.76. The minimum atomic E-state index is -0.656. The number of rotatable bonds is 42. The maximum atomic E-state index is 9.76. The fourth-order valence-electron chi connectivity index (χ4n) is 11.4. The molecule has 0 radical (unpaired) electrons. The van der Waals surface area contributed by atoms with Crippen LogP contribution in [0.25, 0.3) is 0 Å². The van der Waals surface area contributed by atoms with Gasteiger partial charge in [0.25, 0.3) is 0 Å². The van der Waals surface area contributed by atoms with E-state index in [9.17, 15) is 66.4 Å². The van der Waals surface area contributed by atoms with Gasteiger partial charge >= 0.3 is 0 Å². The van der Waals surface area contributed by atoms with Crippen molar-refractivity contribution in [1.82, 2.24) is 68.6 Å². The summed E-state index contributed by atoms with van der Waals surface area (Å²) < 4.78 is 0. The monoisotopic (exact) mass is 2830 g/mol. The van der Waals surface area contributed by atoms with Gasteiger partial charge in [0.15, 0.2) is 0 Å². The summed E-state index contributed by atoms with van der Waals surface area (Å²) in [5.74, 6) is 0.926. The molecule has 0 saturated carbocycles. The molecular formula is C106H254N14O14Ti9Zr5. The molecule has 28 nitrogen and oxygen atoms in total. The molecule has 0 aromatic rings. The van der Waals surface area contributed by atoms with Gasteiger partial charge in [-0.1, -0.05) is 96.9 Å². The Hall–Kier alpha value is 9.72. The van der Waals surface area contributed by atoms with Crippen LogP contribution in [0.4, 0.5) is 0 Å². The van der Waals surface area contributed by atoms with Crippen LogP contribution >= 0.6 is 0 Å². The van der Waals surface area contributed by atoms with Gasteiger partial charge in [0.05, 0.1) is 78.4 Å². The van der Waals surface area contributed by atoms with Crippen LogP contribution in [0.15, 0.2) is 0 Å². The summed E-state index contributed by atoms with van der Waals surface area (Å²) in [7, 11) is 47.6. The Morgan fingerprint density at radius 3 is 0.574 bits per heavy atom. The van der Waals surface area contributed by atoms with Crippen LogP contribution in [0, 0.1) is 17.8 Å². The van der Waals surface area contributed by atoms with Crippen molar-refractivity contribution >= 4 is 0 Å². The van der Waals surface area contributed by atoms with Gasteiger partial charge in [0.2, 0.25) is 0 Å². The standard InChI is InChI=1S/C9H21NO.7C8H19NO.5C7H17NO.C6H15NO.9Ti.5Zr/c1-7(9(3,4)11)8(2)10(5)6;1-7(6-9(4)5)8(2,3)10;1-7(2)8(3,10)6-9(4)5;1-7(2,9(5)6)8(3,4)10;1-6-9(5)7(2)8(3,4)10;2*1-5-8(10,6-2)7-9(3)4;1-5-9(6-2)7-8(3,4)10;1-7(2,9)5-6-8(3)4;1-6(8(4)5)7(2,3)9;2*1-5-7(2,9)6-8(3)4;1-5-8(4)6-7(2,3)9;1-6(2,8)5-7(3)4;;;;;;;;;;;;;;/h7-8,11H,1-6H3;2*7,10H,6H2,1-5H3;10H,1-6H3;7,10H,6H2,1-5H3;3*10H,5-7H2,1-4H3;9H,5-6H2,1-4H3;6,9H,1-5H3;3*9H,5-6H2,1-4H3;8H,5H2,1-4H3;;;;;;;;;;;;;;. The molecule has 0 aliphatic heterocycles. The van der Waals surface area contributed by atoms with Crippen LogP contribution in [-0.2, 0) is 326 Å². The van der Waals surface area contributed by atoms with Crippen molar-refractivity contribution in [2.24, 2.45) is 17.8 Å². The van der Waals surface area contributed by atoms with Gasteiger partial charge in [-0.3, -0.25) is 0 Å². The molecule has 148 heavy (non-hydrogen) atoms. The normalized spacial score (nSPS) is 13.7. The third-order valence-electron chi connectivity index (χ3n) is 24.2. The minimum absolute atomic E-state index is 0. The predicted octanol–water partition coefficient (Wildman–Crippen LogP) is 12.6. The van der Waals surface area contributed by atoms with E-state index in [1.807, 2.05) is 423 Å². The predicted molar refractivity (Wildman–Crippen MR) is 589 cm³/mol. The SMILES string of the molecule is CC(C(C)C(C)(C)O)N(C)C.CC(C)C(C)(O)CN(C)C.CC(CN(C)C)C(C)(C)O.CC(N(C)C)C(C)(C)O.CCC(C)(O)CN(C)C.CCC(C)(O)CN(C)C.CCC(O)(CC)CN(C)C.CCC(O)(CC)CN(C)C.CCN(C)C(C)C(C)(C)O.CCN(C)CC(C)(C)O.CCN(CC)CC(C)(C)O.CN(C)C(C)(C)C(C)(C)O.CN(C)CC(C)(C)O.CN(C)CCC(C)(C)O.[Ti].[Ti].[Ti].[Ti].[Ti].[Ti].[Ti].[Ti].[Ti].[Zr].[Zr].[Zr].[Zr].[Zr]. The van der Waals surface area contributed by atoms with E-state index in [2.05, 4.69) is 77.9 Å². The van der Waals surface area contributed by atoms with Gasteiger partial charge in [-0.2, -0.15) is 0 Å². The third-order valence-corrected chi connectivity index (χ3v) is 24.2. The van der Waals surface area contributed by atoms with E-state index in [0.717, 1.165) is 130 Å². The largest absolute Gasteiger partial charge is 0.390 e. The number of aliphatic hydroxyl groups is 14. The van der Waals surface area contributed by atoms with E-state index in [4.69, 9.17) is 5.11 Å². The first kappa shape index (κ1) is 230. The fraction of sp³-hybridized carbons (Fsp3) is 1.00. The molecule has 0 bridgehead atoms. The summed E-state index contributed by atoms with van der Waals surface area (Å²) >= 11 is 0. The number of hydrogen-bond acceptors (Lipinski definition) is 28. The quantitative estimate of drug-likeness (QED) is 0.0253. The van der Waals surface area contributed by atoms with Gasteiger partial charge in [0, 0.05) is 416 Å². The first-order valence-corrected chi connectivity index (χ1v) is 50.1. The van der Waals surface area contributed by atoms with Gasteiger partial charge in [0.1, 0.15) is 0 Å². The summed E-state index contributed by atoms with van der Waals surface area (Å²) in [5, 5.41) is 133. The molecule has 0 aliphatic rings. The Morgan fingerprint density at radius 1 is 0.250 bits per heavy atom. The molecule has 8 unspecified atom stereocenters. The van der Waals surface area contributed by atoms with E-state index in [1.165, 1.54) is 0 Å². The van der Waals surface area contributed by atoms with Crippen LogP contribution < -0.4 is 0 Å². The molecule has 42 heteroatoms. The number of hydrogen-bond donors (Lipinski definition) is 14. The van der Waals surface area contributed by atoms with E-state index < -0.39 is 78.4 Å². The van der Waals surface area contributed by atoms with E-state index in [1.54, 1.807) is 13.8 Å². The Kier molecular flexibility index (Phi) is 181. The van der Waals surface area contributed by atoms with Gasteiger partial charge in [-0.25, -0.2) is 0 Å². The Bertz CT molecular complexity index is 2530. The molecule has 0 spiro atoms. The van der Waals surface area contributed by atoms with E-state index in [0.29, 0.717) is 24.4 Å². The molecule has 0 aromatic carbocycles. The molecule has 0 fully saturated rings. The molecule has 0 heterocycles. The summed E-state index contributed by atoms with van der Waals surface area (Å²) in [4.78, 5) is 28.7. The topological polar surface area (TPSA) is 329 Å². The smallest absolute Gasteiger partial charge is 0.0768 e. The molecule has 14 N–H and O–H groups in total. The third kappa shape index (κ3) is 173. The summed E-state index contributed by atoms with van der Waals surface area (Å²) in [6.07, 6.45) is 5.79. The van der Waals surface area contributed by atoms with Crippen LogP contribution in [0.5, 0.6) is 0 Å². The molecule has 888 valence electrons. The van der Waals surface area contributed by atoms with E-state index >= 15 is 0 Å². The van der Waals surface area contributed by atoms with Crippen molar-refractivity contribution in [2.75, 3.05) is 261 Å². The minimum Gasteiger partial charge on any atom is -0.390 e. The van der Waals surface area contributed by atoms with Crippen molar-refractivity contribution in [3.05, 3.63) is 0 Å². The van der Waals surface area contributed by atoms with Gasteiger partial charge < -0.3 is 140 Å². The fourth-order valence-corrected chi connectivity index (χ4v) is 11.4. The van der Waals surface area contributed by atoms with Crippen molar-refractivity contribution in [3.63, 3.8) is 0 Å². The molecule has 0 saturated heterocycles. The van der Waals surface area contributed by atoms with Crippen LogP contribution in [-0.4, -0.2) is 503 Å². The molecule has 0 amide bonds. The number of nitrogens with zero attached hydrogens (tertiary/aromatic N) is 14. The van der Waals surface area contributed by atoms with Gasteiger partial charge in [-0.05, 0) is 438 Å². The van der Waals surface area contributed by atoms with Crippen LogP contribution in [0.3, 0.4) is 0 Å². The second-order valence-electron chi connectivity index (χ2n) is 47.8. The second-order valence-corrected chi connectivity index (χ2v) is 47.8. The summed E-state index contributed by atoms with van der Waals surface area (Å²) in [6, 6.07) is 0.838. The first-order chi connectivity index (χ1) is 58.7. The van der Waals surface area contributed by atoms with Crippen molar-refractivity contribution < 1.29 is 398 Å². The zero-order chi connectivity index (χ0) is 112. The first-order valence-electron chi connectivity index (χ1n) is 50.1. The Labute approximate surface area is 1150 Å². The average molecular weight is 2840 g/mol. The molecular weight excluding hydrogens is 2580 g/mol. The number of likely N-dealkylation sites (N-methyl/N-ethyl adjacent to an activating group) is 11. The zero-order valence-corrected chi connectivity index (χ0v) is 136.